The number of benzene rings is 3. The minimum atomic E-state index is -3.96. The standard InChI is InChI=1S/C38H42N4O9S/c1-48-29-11-13-30(14-12-29)52(46,47)41(19-21-43)20-22-49-35-24-27(32-25-50-33-10-6-5-9-31(32)33)23-34(51-35)36(44)40-17-15-38(16-18-40)37(45)39-26-42(38)28-7-3-2-4-8-28/h2-14,23,25,27,35,43H,15-22,24,26H2,1H3,(H,39,45). The second-order valence-electron chi connectivity index (χ2n) is 13.0. The monoisotopic (exact) mass is 730 g/mol. The van der Waals surface area contributed by atoms with Gasteiger partial charge in [0.05, 0.1) is 38.2 Å². The molecule has 3 aliphatic rings. The maximum atomic E-state index is 14.1. The van der Waals surface area contributed by atoms with E-state index >= 15 is 0 Å². The molecule has 2 saturated heterocycles. The molecule has 52 heavy (non-hydrogen) atoms. The zero-order chi connectivity index (χ0) is 36.3. The second kappa shape index (κ2) is 15.0. The molecule has 0 aliphatic carbocycles. The number of carbonyl (C=O) groups is 2. The summed E-state index contributed by atoms with van der Waals surface area (Å²) in [6.07, 6.45) is 3.85. The number of allylic oxidation sites excluding steroid dienone is 1. The van der Waals surface area contributed by atoms with E-state index in [9.17, 15) is 23.1 Å². The molecule has 4 aromatic rings. The maximum Gasteiger partial charge on any atom is 0.288 e. The van der Waals surface area contributed by atoms with Gasteiger partial charge in [-0.25, -0.2) is 8.42 Å². The molecule has 2 fully saturated rings. The summed E-state index contributed by atoms with van der Waals surface area (Å²) in [6.45, 7) is 0.468. The number of furan rings is 1. The molecule has 0 saturated carbocycles. The van der Waals surface area contributed by atoms with Crippen LogP contribution in [0.25, 0.3) is 11.0 Å². The lowest BCUT2D eigenvalue weighted by molar-refractivity contribution is -0.154. The Bertz CT molecular complexity index is 2030. The van der Waals surface area contributed by atoms with Crippen molar-refractivity contribution in [1.29, 1.82) is 0 Å². The number of aliphatic hydroxyl groups is 1. The first kappa shape index (κ1) is 35.5. The first-order valence-corrected chi connectivity index (χ1v) is 18.8. The largest absolute Gasteiger partial charge is 0.497 e. The van der Waals surface area contributed by atoms with Crippen LogP contribution >= 0.6 is 0 Å². The van der Waals surface area contributed by atoms with Gasteiger partial charge in [0, 0.05) is 55.2 Å². The van der Waals surface area contributed by atoms with Crippen molar-refractivity contribution in [1.82, 2.24) is 14.5 Å². The fourth-order valence-electron chi connectivity index (χ4n) is 7.33. The van der Waals surface area contributed by atoms with Crippen LogP contribution in [0.5, 0.6) is 5.75 Å². The zero-order valence-electron chi connectivity index (χ0n) is 28.8. The van der Waals surface area contributed by atoms with Crippen LogP contribution in [-0.4, -0.2) is 99.5 Å². The van der Waals surface area contributed by atoms with Crippen molar-refractivity contribution < 1.29 is 41.7 Å². The molecule has 13 nitrogen and oxygen atoms in total. The third-order valence-electron chi connectivity index (χ3n) is 10.2. The number of rotatable bonds is 12. The number of carbonyl (C=O) groups excluding carboxylic acids is 2. The summed E-state index contributed by atoms with van der Waals surface area (Å²) in [5, 5.41) is 13.6. The predicted octanol–water partition coefficient (Wildman–Crippen LogP) is 3.81. The number of para-hydroxylation sites is 2. The number of ether oxygens (including phenoxy) is 3. The first-order chi connectivity index (χ1) is 25.2. The Morgan fingerprint density at radius 3 is 2.48 bits per heavy atom. The molecular formula is C38H42N4O9S. The molecule has 7 rings (SSSR count). The number of nitrogens with one attached hydrogen (secondary N) is 1. The highest BCUT2D eigenvalue weighted by atomic mass is 32.2. The number of methoxy groups -OCH3 is 1. The molecule has 2 amide bonds. The van der Waals surface area contributed by atoms with Crippen molar-refractivity contribution in [2.24, 2.45) is 0 Å². The van der Waals surface area contributed by atoms with Crippen LogP contribution < -0.4 is 15.0 Å². The minimum Gasteiger partial charge on any atom is -0.497 e. The van der Waals surface area contributed by atoms with E-state index < -0.39 is 21.9 Å². The Morgan fingerprint density at radius 2 is 1.75 bits per heavy atom. The normalized spacial score (nSPS) is 20.2. The number of sulfonamides is 1. The third-order valence-corrected chi connectivity index (χ3v) is 12.1. The SMILES string of the molecule is COc1ccc(S(=O)(=O)N(CCO)CCOC2CC(c3coc4ccccc34)C=C(C(=O)N3CCC4(CC3)C(=O)NCN4c3ccccc3)O2)cc1. The molecule has 0 bridgehead atoms. The summed E-state index contributed by atoms with van der Waals surface area (Å²) in [6, 6.07) is 23.5. The van der Waals surface area contributed by atoms with Gasteiger partial charge in [-0.05, 0) is 61.4 Å². The molecular weight excluding hydrogens is 689 g/mol. The summed E-state index contributed by atoms with van der Waals surface area (Å²) in [4.78, 5) is 31.2. The van der Waals surface area contributed by atoms with Crippen molar-refractivity contribution in [3.05, 3.63) is 103 Å². The van der Waals surface area contributed by atoms with Gasteiger partial charge >= 0.3 is 0 Å². The zero-order valence-corrected chi connectivity index (χ0v) is 29.7. The van der Waals surface area contributed by atoms with E-state index in [1.807, 2.05) is 54.6 Å². The van der Waals surface area contributed by atoms with Crippen molar-refractivity contribution in [3.8, 4) is 5.75 Å². The molecule has 3 aliphatic heterocycles. The van der Waals surface area contributed by atoms with Gasteiger partial charge in [0.1, 0.15) is 16.9 Å². The van der Waals surface area contributed by atoms with E-state index in [0.717, 1.165) is 20.9 Å². The Labute approximate surface area is 302 Å². The Morgan fingerprint density at radius 1 is 1.02 bits per heavy atom. The van der Waals surface area contributed by atoms with Gasteiger partial charge in [-0.3, -0.25) is 9.59 Å². The molecule has 2 atom stereocenters. The number of fused-ring (bicyclic) bond motifs is 1. The predicted molar refractivity (Wildman–Crippen MR) is 192 cm³/mol. The Balaban J connectivity index is 1.07. The van der Waals surface area contributed by atoms with E-state index in [4.69, 9.17) is 18.6 Å². The summed E-state index contributed by atoms with van der Waals surface area (Å²) in [7, 11) is -2.46. The lowest BCUT2D eigenvalue weighted by Gasteiger charge is -2.43. The van der Waals surface area contributed by atoms with Gasteiger partial charge < -0.3 is 38.9 Å². The molecule has 2 unspecified atom stereocenters. The van der Waals surface area contributed by atoms with Crippen LogP contribution in [0.15, 0.2) is 106 Å². The highest BCUT2D eigenvalue weighted by molar-refractivity contribution is 7.89. The summed E-state index contributed by atoms with van der Waals surface area (Å²) in [5.74, 6) is -0.0126. The van der Waals surface area contributed by atoms with Crippen molar-refractivity contribution in [2.45, 2.75) is 41.9 Å². The van der Waals surface area contributed by atoms with Crippen LogP contribution in [0.1, 0.15) is 30.7 Å². The van der Waals surface area contributed by atoms with Crippen LogP contribution in [0.3, 0.4) is 0 Å². The third kappa shape index (κ3) is 6.86. The van der Waals surface area contributed by atoms with Crippen LogP contribution in [-0.2, 0) is 29.1 Å². The number of piperidine rings is 1. The fraction of sp³-hybridized carbons (Fsp3) is 0.368. The first-order valence-electron chi connectivity index (χ1n) is 17.3. The number of anilines is 1. The molecule has 1 aromatic heterocycles. The summed E-state index contributed by atoms with van der Waals surface area (Å²) < 4.78 is 51.4. The Hall–Kier alpha value is -4.89. The van der Waals surface area contributed by atoms with E-state index in [-0.39, 0.29) is 54.7 Å². The number of hydrogen-bond acceptors (Lipinski definition) is 10. The molecule has 0 radical (unpaired) electrons. The van der Waals surface area contributed by atoms with Crippen LogP contribution in [0, 0.1) is 0 Å². The van der Waals surface area contributed by atoms with Crippen molar-refractivity contribution >= 4 is 38.5 Å². The van der Waals surface area contributed by atoms with Gasteiger partial charge in [0.25, 0.3) is 5.91 Å². The molecule has 1 spiro atoms. The van der Waals surface area contributed by atoms with Gasteiger partial charge in [-0.2, -0.15) is 4.31 Å². The highest BCUT2D eigenvalue weighted by Gasteiger charge is 2.51. The van der Waals surface area contributed by atoms with Crippen molar-refractivity contribution in [3.63, 3.8) is 0 Å². The second-order valence-corrected chi connectivity index (χ2v) is 15.0. The molecule has 3 aromatic carbocycles. The molecule has 274 valence electrons. The molecule has 4 heterocycles. The Kier molecular flexibility index (Phi) is 10.2. The molecule has 14 heteroatoms. The van der Waals surface area contributed by atoms with Gasteiger partial charge in [-0.15, -0.1) is 0 Å². The lowest BCUT2D eigenvalue weighted by Crippen LogP contribution is -2.57. The van der Waals surface area contributed by atoms with Crippen LogP contribution in [0.4, 0.5) is 5.69 Å². The van der Waals surface area contributed by atoms with Gasteiger partial charge in [-0.1, -0.05) is 36.4 Å². The van der Waals surface area contributed by atoms with Gasteiger partial charge in [0.15, 0.2) is 5.76 Å². The van der Waals surface area contributed by atoms with Gasteiger partial charge in [0.2, 0.25) is 22.2 Å². The number of aliphatic hydroxyl groups excluding tert-OH is 1. The topological polar surface area (TPSA) is 151 Å². The van der Waals surface area contributed by atoms with E-state index in [0.29, 0.717) is 50.4 Å². The number of hydrogen-bond donors (Lipinski definition) is 2. The van der Waals surface area contributed by atoms with E-state index in [2.05, 4.69) is 10.2 Å². The molecule has 2 N–H and O–H groups in total. The fourth-order valence-corrected chi connectivity index (χ4v) is 8.74. The van der Waals surface area contributed by atoms with E-state index in [1.54, 1.807) is 29.4 Å². The number of nitrogens with zero attached hydrogens (tertiary/aromatic N) is 3. The minimum absolute atomic E-state index is 0.0406. The summed E-state index contributed by atoms with van der Waals surface area (Å²) >= 11 is 0. The quantitative estimate of drug-likeness (QED) is 0.220. The highest BCUT2D eigenvalue weighted by Crippen LogP contribution is 2.39. The maximum absolute atomic E-state index is 14.1. The smallest absolute Gasteiger partial charge is 0.288 e. The number of likely N-dealkylation sites (tertiary alicyclic amines) is 1. The lowest BCUT2D eigenvalue weighted by atomic mass is 9.85. The average molecular weight is 731 g/mol. The van der Waals surface area contributed by atoms with Crippen molar-refractivity contribution in [2.75, 3.05) is 58.1 Å². The number of amides is 2. The average Bonchev–Trinajstić information content (AvgIpc) is 3.75. The van der Waals surface area contributed by atoms with Crippen LogP contribution in [0.2, 0.25) is 0 Å². The van der Waals surface area contributed by atoms with E-state index in [1.165, 1.54) is 19.2 Å². The summed E-state index contributed by atoms with van der Waals surface area (Å²) in [5.41, 5.74) is 1.78.